The molecule has 2 nitrogen and oxygen atoms in total. The minimum Gasteiger partial charge on any atom is -0.436 e. The highest BCUT2D eigenvalue weighted by Crippen LogP contribution is 2.25. The summed E-state index contributed by atoms with van der Waals surface area (Å²) in [7, 11) is 0. The Balaban J connectivity index is 2.23. The van der Waals surface area contributed by atoms with Crippen molar-refractivity contribution in [2.45, 2.75) is 0 Å². The van der Waals surface area contributed by atoms with Gasteiger partial charge in [0.2, 0.25) is 5.89 Å². The van der Waals surface area contributed by atoms with Gasteiger partial charge in [0, 0.05) is 6.07 Å². The van der Waals surface area contributed by atoms with Gasteiger partial charge >= 0.3 is 0 Å². The van der Waals surface area contributed by atoms with Gasteiger partial charge in [-0.05, 0) is 18.2 Å². The molecule has 0 bridgehead atoms. The molecule has 0 saturated carbocycles. The normalized spacial score (nSPS) is 10.8. The van der Waals surface area contributed by atoms with Crippen molar-refractivity contribution in [3.8, 4) is 11.5 Å². The Bertz CT molecular complexity index is 612. The van der Waals surface area contributed by atoms with Gasteiger partial charge in [0.1, 0.15) is 11.3 Å². The first-order valence-corrected chi connectivity index (χ1v) is 4.87. The van der Waals surface area contributed by atoms with Gasteiger partial charge in [0.25, 0.3) is 0 Å². The fraction of sp³-hybridized carbons (Fsp3) is 0. The molecule has 3 rings (SSSR count). The lowest BCUT2D eigenvalue weighted by Crippen LogP contribution is -1.82. The lowest BCUT2D eigenvalue weighted by molar-refractivity contribution is 0.593. The van der Waals surface area contributed by atoms with Crippen molar-refractivity contribution in [2.75, 3.05) is 0 Å². The maximum Gasteiger partial charge on any atom is 0.230 e. The minimum atomic E-state index is -0.339. The van der Waals surface area contributed by atoms with E-state index in [1.165, 1.54) is 6.07 Å². The molecule has 0 N–H and O–H groups in total. The Hall–Kier alpha value is -2.16. The molecule has 16 heavy (non-hydrogen) atoms. The second kappa shape index (κ2) is 3.45. The monoisotopic (exact) mass is 212 g/mol. The lowest BCUT2D eigenvalue weighted by Gasteiger charge is -1.95. The molecule has 1 radical (unpaired) electrons. The summed E-state index contributed by atoms with van der Waals surface area (Å²) in [6, 6.07) is 14.7. The average molecular weight is 212 g/mol. The van der Waals surface area contributed by atoms with Crippen LogP contribution in [0.15, 0.2) is 46.9 Å². The van der Waals surface area contributed by atoms with E-state index in [2.05, 4.69) is 11.1 Å². The first-order valence-electron chi connectivity index (χ1n) is 4.87. The van der Waals surface area contributed by atoms with E-state index in [0.717, 1.165) is 0 Å². The van der Waals surface area contributed by atoms with E-state index in [4.69, 9.17) is 4.42 Å². The lowest BCUT2D eigenvalue weighted by atomic mass is 10.2. The van der Waals surface area contributed by atoms with E-state index in [-0.39, 0.29) is 11.7 Å². The third-order valence-electron chi connectivity index (χ3n) is 2.32. The summed E-state index contributed by atoms with van der Waals surface area (Å²) >= 11 is 0. The van der Waals surface area contributed by atoms with Crippen LogP contribution < -0.4 is 0 Å². The number of aromatic nitrogens is 1. The Labute approximate surface area is 91.3 Å². The zero-order chi connectivity index (χ0) is 11.0. The molecule has 0 aliphatic rings. The van der Waals surface area contributed by atoms with Crippen LogP contribution in [0.25, 0.3) is 22.6 Å². The Kier molecular flexibility index (Phi) is 1.96. The Morgan fingerprint density at radius 1 is 1.12 bits per heavy atom. The zero-order valence-corrected chi connectivity index (χ0v) is 8.27. The standard InChI is InChI=1S/C13H7FNO/c14-10-6-2-1-5-9(10)13-15-11-7-3-4-8-12(11)16-13/h1-6,8H. The highest BCUT2D eigenvalue weighted by Gasteiger charge is 2.11. The molecule has 0 aliphatic heterocycles. The van der Waals surface area contributed by atoms with Crippen molar-refractivity contribution in [3.05, 3.63) is 54.3 Å². The van der Waals surface area contributed by atoms with Crippen molar-refractivity contribution in [1.82, 2.24) is 4.98 Å². The van der Waals surface area contributed by atoms with Crippen LogP contribution in [0, 0.1) is 11.9 Å². The highest BCUT2D eigenvalue weighted by atomic mass is 19.1. The second-order valence-electron chi connectivity index (χ2n) is 3.38. The van der Waals surface area contributed by atoms with Crippen molar-refractivity contribution >= 4 is 11.1 Å². The smallest absolute Gasteiger partial charge is 0.230 e. The molecule has 0 aliphatic carbocycles. The molecule has 1 aromatic heterocycles. The minimum absolute atomic E-state index is 0.288. The van der Waals surface area contributed by atoms with Gasteiger partial charge in [-0.1, -0.05) is 24.3 Å². The van der Waals surface area contributed by atoms with Gasteiger partial charge < -0.3 is 4.42 Å². The molecule has 0 unspecified atom stereocenters. The number of rotatable bonds is 1. The molecule has 77 valence electrons. The molecule has 0 saturated heterocycles. The van der Waals surface area contributed by atoms with Crippen molar-refractivity contribution < 1.29 is 8.81 Å². The van der Waals surface area contributed by atoms with E-state index < -0.39 is 0 Å². The number of fused-ring (bicyclic) bond motifs is 1. The summed E-state index contributed by atoms with van der Waals surface area (Å²) in [5.74, 6) is -0.0513. The van der Waals surface area contributed by atoms with Gasteiger partial charge in [-0.15, -0.1) is 0 Å². The average Bonchev–Trinajstić information content (AvgIpc) is 2.73. The predicted octanol–water partition coefficient (Wildman–Crippen LogP) is 3.43. The van der Waals surface area contributed by atoms with Crippen LogP contribution in [0.2, 0.25) is 0 Å². The van der Waals surface area contributed by atoms with Crippen molar-refractivity contribution in [3.63, 3.8) is 0 Å². The third kappa shape index (κ3) is 1.37. The molecule has 0 amide bonds. The summed E-state index contributed by atoms with van der Waals surface area (Å²) in [6.45, 7) is 0. The zero-order valence-electron chi connectivity index (χ0n) is 8.27. The molecular formula is C13H7FNO. The molecular weight excluding hydrogens is 205 g/mol. The molecule has 1 heterocycles. The summed E-state index contributed by atoms with van der Waals surface area (Å²) in [6.07, 6.45) is 0. The summed E-state index contributed by atoms with van der Waals surface area (Å²) in [4.78, 5) is 4.18. The van der Waals surface area contributed by atoms with Gasteiger partial charge in [-0.3, -0.25) is 0 Å². The van der Waals surface area contributed by atoms with E-state index in [1.54, 1.807) is 36.4 Å². The largest absolute Gasteiger partial charge is 0.436 e. The summed E-state index contributed by atoms with van der Waals surface area (Å²) < 4.78 is 18.9. The fourth-order valence-corrected chi connectivity index (χ4v) is 1.56. The topological polar surface area (TPSA) is 26.0 Å². The van der Waals surface area contributed by atoms with Crippen LogP contribution >= 0.6 is 0 Å². The molecule has 3 aromatic rings. The summed E-state index contributed by atoms with van der Waals surface area (Å²) in [5.41, 5.74) is 1.59. The Morgan fingerprint density at radius 3 is 2.81 bits per heavy atom. The van der Waals surface area contributed by atoms with Crippen LogP contribution in [0.3, 0.4) is 0 Å². The van der Waals surface area contributed by atoms with Crippen LogP contribution in [-0.4, -0.2) is 4.98 Å². The van der Waals surface area contributed by atoms with E-state index in [9.17, 15) is 4.39 Å². The third-order valence-corrected chi connectivity index (χ3v) is 2.32. The second-order valence-corrected chi connectivity index (χ2v) is 3.38. The molecule has 3 heteroatoms. The van der Waals surface area contributed by atoms with Gasteiger partial charge in [0.15, 0.2) is 5.58 Å². The van der Waals surface area contributed by atoms with Crippen LogP contribution in [0.1, 0.15) is 0 Å². The fourth-order valence-electron chi connectivity index (χ4n) is 1.56. The molecule has 2 aromatic carbocycles. The van der Waals surface area contributed by atoms with Crippen LogP contribution in [0.5, 0.6) is 0 Å². The molecule has 0 fully saturated rings. The Morgan fingerprint density at radius 2 is 2.00 bits per heavy atom. The van der Waals surface area contributed by atoms with Crippen LogP contribution in [-0.2, 0) is 0 Å². The number of hydrogen-bond donors (Lipinski definition) is 0. The maximum atomic E-state index is 13.5. The van der Waals surface area contributed by atoms with Crippen molar-refractivity contribution in [1.29, 1.82) is 0 Å². The number of halogens is 1. The number of para-hydroxylation sites is 1. The number of hydrogen-bond acceptors (Lipinski definition) is 2. The maximum absolute atomic E-state index is 13.5. The van der Waals surface area contributed by atoms with Gasteiger partial charge in [-0.2, -0.15) is 0 Å². The molecule has 0 atom stereocenters. The molecule has 0 spiro atoms. The van der Waals surface area contributed by atoms with E-state index in [1.807, 2.05) is 0 Å². The highest BCUT2D eigenvalue weighted by molar-refractivity contribution is 5.75. The first-order chi connectivity index (χ1) is 7.84. The van der Waals surface area contributed by atoms with Gasteiger partial charge in [-0.25, -0.2) is 9.37 Å². The van der Waals surface area contributed by atoms with E-state index >= 15 is 0 Å². The first kappa shape index (κ1) is 9.09. The SMILES string of the molecule is Fc1ccccc1-c1nc2[c]cccc2o1. The predicted molar refractivity (Wildman–Crippen MR) is 58.2 cm³/mol. The quantitative estimate of drug-likeness (QED) is 0.617. The van der Waals surface area contributed by atoms with Crippen molar-refractivity contribution in [2.24, 2.45) is 0 Å². The number of nitrogens with zero attached hydrogens (tertiary/aromatic N) is 1. The number of oxazole rings is 1. The summed E-state index contributed by atoms with van der Waals surface area (Å²) in [5, 5.41) is 0. The van der Waals surface area contributed by atoms with E-state index in [0.29, 0.717) is 16.7 Å². The number of benzene rings is 2. The van der Waals surface area contributed by atoms with Gasteiger partial charge in [0.05, 0.1) is 5.56 Å². The van der Waals surface area contributed by atoms with Crippen LogP contribution in [0.4, 0.5) is 4.39 Å².